The van der Waals surface area contributed by atoms with Gasteiger partial charge in [-0.1, -0.05) is 45.8 Å². The average Bonchev–Trinajstić information content (AvgIpc) is 2.81. The first kappa shape index (κ1) is 32.5. The lowest BCUT2D eigenvalue weighted by Crippen LogP contribution is -2.60. The van der Waals surface area contributed by atoms with E-state index in [0.717, 1.165) is 11.0 Å². The van der Waals surface area contributed by atoms with Crippen LogP contribution in [0.25, 0.3) is 0 Å². The molecule has 14 heteroatoms. The van der Waals surface area contributed by atoms with Crippen molar-refractivity contribution in [3.8, 4) is 0 Å². The fourth-order valence-corrected chi connectivity index (χ4v) is 3.87. The summed E-state index contributed by atoms with van der Waals surface area (Å²) >= 11 is 8.04. The molecule has 11 nitrogen and oxygen atoms in total. The zero-order valence-corrected chi connectivity index (χ0v) is 22.6. The number of aliphatic hydroxyl groups excluding tert-OH is 1. The quantitative estimate of drug-likeness (QED) is 0.0547. The molecular formula is C20H37N5O6S3. The maximum absolute atomic E-state index is 12.9. The molecule has 0 spiro atoms. The lowest BCUT2D eigenvalue weighted by molar-refractivity contribution is -0.136. The molecule has 0 aliphatic carbocycles. The lowest BCUT2D eigenvalue weighted by Gasteiger charge is -2.28. The third-order valence-electron chi connectivity index (χ3n) is 5.12. The van der Waals surface area contributed by atoms with Crippen LogP contribution >= 0.6 is 35.3 Å². The highest BCUT2D eigenvalue weighted by molar-refractivity contribution is 8.67. The first-order valence-electron chi connectivity index (χ1n) is 10.9. The van der Waals surface area contributed by atoms with Gasteiger partial charge in [0.05, 0.1) is 12.6 Å². The second-order valence-corrected chi connectivity index (χ2v) is 9.55. The number of hydrogen-bond acceptors (Lipinski definition) is 10. The van der Waals surface area contributed by atoms with Crippen LogP contribution in [0.2, 0.25) is 0 Å². The van der Waals surface area contributed by atoms with Crippen molar-refractivity contribution in [2.75, 3.05) is 12.4 Å². The van der Waals surface area contributed by atoms with Gasteiger partial charge in [-0.05, 0) is 29.7 Å². The van der Waals surface area contributed by atoms with E-state index in [1.165, 1.54) is 6.92 Å². The fourth-order valence-electron chi connectivity index (χ4n) is 2.79. The maximum atomic E-state index is 12.9. The summed E-state index contributed by atoms with van der Waals surface area (Å²) in [5.74, 6) is -2.93. The van der Waals surface area contributed by atoms with Gasteiger partial charge in [0.15, 0.2) is 0 Å². The average molecular weight is 540 g/mol. The standard InChI is InChI=1S/C20H37N5O6S3/c1-6-11(4)16(20(31)21-12(5)7-26)24-17(28)13(8-27)22-19(30)15(10(2)3)23-18(29)14(9-32)25-34-33/h7,10-16,25,27,32-33H,6,8-9H2,1-5H3,(H,21,31)(H,22,30)(H,23,29)(H,24,28)/t11-,12?,13?,14?,15-,16-/m0/s1. The molecular weight excluding hydrogens is 502 g/mol. The zero-order valence-electron chi connectivity index (χ0n) is 20.0. The molecule has 0 radical (unpaired) electrons. The Bertz CT molecular complexity index is 700. The number of aldehydes is 1. The SMILES string of the molecule is CC[C@H](C)[C@H](NC(=O)C(CO)NC(=O)[C@@H](NC(=O)C(CS)NSS)C(C)C)C(=O)NC(C)C=O. The summed E-state index contributed by atoms with van der Waals surface area (Å²) in [6.07, 6.45) is 1.11. The molecule has 3 unspecified atom stereocenters. The predicted molar refractivity (Wildman–Crippen MR) is 138 cm³/mol. The molecule has 0 aliphatic rings. The zero-order chi connectivity index (χ0) is 26.4. The number of nitrogens with one attached hydrogen (secondary N) is 5. The van der Waals surface area contributed by atoms with Crippen LogP contribution in [0.15, 0.2) is 0 Å². The van der Waals surface area contributed by atoms with Crippen LogP contribution in [-0.2, 0) is 24.0 Å². The Balaban J connectivity index is 5.42. The molecule has 0 heterocycles. The summed E-state index contributed by atoms with van der Waals surface area (Å²) in [6.45, 7) is 7.79. The molecule has 0 saturated heterocycles. The van der Waals surface area contributed by atoms with Gasteiger partial charge in [-0.25, -0.2) is 4.72 Å². The summed E-state index contributed by atoms with van der Waals surface area (Å²) in [5, 5.41) is 19.8. The monoisotopic (exact) mass is 539 g/mol. The highest BCUT2D eigenvalue weighted by Gasteiger charge is 2.33. The van der Waals surface area contributed by atoms with E-state index in [-0.39, 0.29) is 17.6 Å². The van der Waals surface area contributed by atoms with Gasteiger partial charge in [-0.2, -0.15) is 12.6 Å². The summed E-state index contributed by atoms with van der Waals surface area (Å²) in [5.41, 5.74) is 0. The molecule has 6 atom stereocenters. The summed E-state index contributed by atoms with van der Waals surface area (Å²) in [7, 11) is 0.938. The highest BCUT2D eigenvalue weighted by atomic mass is 33.1. The Morgan fingerprint density at radius 2 is 1.41 bits per heavy atom. The number of carbonyl (C=O) groups is 5. The summed E-state index contributed by atoms with van der Waals surface area (Å²) < 4.78 is 2.75. The molecule has 0 fully saturated rings. The van der Waals surface area contributed by atoms with E-state index >= 15 is 0 Å². The Morgan fingerprint density at radius 3 is 1.85 bits per heavy atom. The van der Waals surface area contributed by atoms with Gasteiger partial charge in [0.1, 0.15) is 30.5 Å². The molecule has 0 aromatic carbocycles. The van der Waals surface area contributed by atoms with Gasteiger partial charge < -0.3 is 31.2 Å². The molecule has 196 valence electrons. The van der Waals surface area contributed by atoms with Gasteiger partial charge >= 0.3 is 0 Å². The van der Waals surface area contributed by atoms with Crippen LogP contribution in [-0.4, -0.2) is 77.6 Å². The normalized spacial score (nSPS) is 16.4. The fraction of sp³-hybridized carbons (Fsp3) is 0.750. The van der Waals surface area contributed by atoms with E-state index in [1.54, 1.807) is 20.8 Å². The Kier molecular flexibility index (Phi) is 16.3. The summed E-state index contributed by atoms with van der Waals surface area (Å²) in [6, 6.07) is -4.78. The first-order chi connectivity index (χ1) is 16.0. The van der Waals surface area contributed by atoms with Crippen molar-refractivity contribution in [2.24, 2.45) is 11.8 Å². The molecule has 34 heavy (non-hydrogen) atoms. The largest absolute Gasteiger partial charge is 0.394 e. The smallest absolute Gasteiger partial charge is 0.245 e. The van der Waals surface area contributed by atoms with Crippen molar-refractivity contribution in [1.29, 1.82) is 0 Å². The van der Waals surface area contributed by atoms with Gasteiger partial charge in [0.25, 0.3) is 0 Å². The topological polar surface area (TPSA) is 166 Å². The maximum Gasteiger partial charge on any atom is 0.245 e. The molecule has 0 saturated carbocycles. The lowest BCUT2D eigenvalue weighted by atomic mass is 9.97. The number of aliphatic hydroxyl groups is 1. The molecule has 0 aromatic heterocycles. The van der Waals surface area contributed by atoms with Gasteiger partial charge in [-0.3, -0.25) is 19.2 Å². The molecule has 0 rings (SSSR count). The number of carbonyl (C=O) groups excluding carboxylic acids is 5. The van der Waals surface area contributed by atoms with E-state index in [1.807, 2.05) is 6.92 Å². The minimum absolute atomic E-state index is 0.162. The van der Waals surface area contributed by atoms with Crippen molar-refractivity contribution in [2.45, 2.75) is 71.2 Å². The van der Waals surface area contributed by atoms with Crippen molar-refractivity contribution < 1.29 is 29.1 Å². The second-order valence-electron chi connectivity index (χ2n) is 8.22. The van der Waals surface area contributed by atoms with Gasteiger partial charge in [-0.15, -0.1) is 0 Å². The van der Waals surface area contributed by atoms with Crippen molar-refractivity contribution in [3.05, 3.63) is 0 Å². The van der Waals surface area contributed by atoms with Crippen LogP contribution in [0, 0.1) is 11.8 Å². The van der Waals surface area contributed by atoms with Crippen molar-refractivity contribution in [1.82, 2.24) is 26.0 Å². The molecule has 4 amide bonds. The third-order valence-corrected chi connectivity index (χ3v) is 6.20. The van der Waals surface area contributed by atoms with Crippen LogP contribution in [0.3, 0.4) is 0 Å². The molecule has 0 bridgehead atoms. The molecule has 0 aliphatic heterocycles. The van der Waals surface area contributed by atoms with Crippen LogP contribution in [0.1, 0.15) is 41.0 Å². The highest BCUT2D eigenvalue weighted by Crippen LogP contribution is 2.10. The van der Waals surface area contributed by atoms with Crippen LogP contribution in [0.4, 0.5) is 0 Å². The third kappa shape index (κ3) is 10.8. The van der Waals surface area contributed by atoms with E-state index in [4.69, 9.17) is 0 Å². The number of amides is 4. The number of rotatable bonds is 16. The van der Waals surface area contributed by atoms with Crippen LogP contribution < -0.4 is 26.0 Å². The van der Waals surface area contributed by atoms with Gasteiger partial charge in [0, 0.05) is 5.75 Å². The van der Waals surface area contributed by atoms with E-state index in [0.29, 0.717) is 12.7 Å². The van der Waals surface area contributed by atoms with E-state index < -0.39 is 60.4 Å². The Labute approximate surface area is 215 Å². The molecule has 6 N–H and O–H groups in total. The van der Waals surface area contributed by atoms with E-state index in [2.05, 4.69) is 50.3 Å². The van der Waals surface area contributed by atoms with Crippen molar-refractivity contribution in [3.63, 3.8) is 0 Å². The Hall–Kier alpha value is -1.48. The van der Waals surface area contributed by atoms with E-state index in [9.17, 15) is 29.1 Å². The first-order valence-corrected chi connectivity index (χ1v) is 13.4. The van der Waals surface area contributed by atoms with Crippen LogP contribution in [0.5, 0.6) is 0 Å². The molecule has 0 aromatic rings. The second kappa shape index (κ2) is 17.0. The number of hydrogen-bond donors (Lipinski definition) is 8. The summed E-state index contributed by atoms with van der Waals surface area (Å²) in [4.78, 5) is 61.5. The van der Waals surface area contributed by atoms with Crippen molar-refractivity contribution >= 4 is 65.2 Å². The minimum atomic E-state index is -1.36. The Morgan fingerprint density at radius 1 is 0.882 bits per heavy atom. The predicted octanol–water partition coefficient (Wildman–Crippen LogP) is -0.780. The van der Waals surface area contributed by atoms with Gasteiger partial charge in [0.2, 0.25) is 23.6 Å². The minimum Gasteiger partial charge on any atom is -0.394 e. The number of thiol groups is 2.